The van der Waals surface area contributed by atoms with E-state index in [1.54, 1.807) is 0 Å². The van der Waals surface area contributed by atoms with Gasteiger partial charge in [-0.3, -0.25) is 9.59 Å². The lowest BCUT2D eigenvalue weighted by Crippen LogP contribution is -2.41. The van der Waals surface area contributed by atoms with Crippen LogP contribution in [0.3, 0.4) is 0 Å². The largest absolute Gasteiger partial charge is 0.489 e. The Bertz CT molecular complexity index is 692. The van der Waals surface area contributed by atoms with Crippen LogP contribution in [0, 0.1) is 0 Å². The van der Waals surface area contributed by atoms with Gasteiger partial charge in [-0.25, -0.2) is 4.79 Å². The summed E-state index contributed by atoms with van der Waals surface area (Å²) in [5.41, 5.74) is 0.143. The fraction of sp³-hybridized carbons (Fsp3) is 0.471. The number of ether oxygens (including phenoxy) is 3. The van der Waals surface area contributed by atoms with E-state index in [9.17, 15) is 14.4 Å². The molecule has 1 aromatic carbocycles. The van der Waals surface area contributed by atoms with Gasteiger partial charge in [-0.15, -0.1) is 0 Å². The average molecular weight is 385 g/mol. The highest BCUT2D eigenvalue weighted by molar-refractivity contribution is 6.32. The van der Waals surface area contributed by atoms with Crippen LogP contribution in [0.5, 0.6) is 11.5 Å². The van der Waals surface area contributed by atoms with Gasteiger partial charge >= 0.3 is 5.97 Å². The highest BCUT2D eigenvalue weighted by Crippen LogP contribution is 2.38. The summed E-state index contributed by atoms with van der Waals surface area (Å²) < 4.78 is 15.9. The molecule has 1 heterocycles. The van der Waals surface area contributed by atoms with Gasteiger partial charge in [-0.05, 0) is 26.0 Å². The van der Waals surface area contributed by atoms with E-state index in [4.69, 9.17) is 25.8 Å². The van der Waals surface area contributed by atoms with Crippen molar-refractivity contribution in [3.05, 3.63) is 22.7 Å². The maximum absolute atomic E-state index is 12.1. The number of carbonyl (C=O) groups is 3. The summed E-state index contributed by atoms with van der Waals surface area (Å²) in [4.78, 5) is 35.2. The first-order chi connectivity index (χ1) is 12.4. The van der Waals surface area contributed by atoms with Crippen molar-refractivity contribution in [2.24, 2.45) is 0 Å². The van der Waals surface area contributed by atoms with Crippen LogP contribution in [-0.2, 0) is 14.3 Å². The monoisotopic (exact) mass is 384 g/mol. The summed E-state index contributed by atoms with van der Waals surface area (Å²) in [6.45, 7) is 3.83. The van der Waals surface area contributed by atoms with Crippen LogP contribution in [0.25, 0.3) is 0 Å². The van der Waals surface area contributed by atoms with Crippen LogP contribution in [-0.4, -0.2) is 50.2 Å². The molecule has 0 saturated carbocycles. The Balaban J connectivity index is 1.88. The van der Waals surface area contributed by atoms with E-state index in [1.807, 2.05) is 13.8 Å². The van der Waals surface area contributed by atoms with Gasteiger partial charge in [-0.1, -0.05) is 11.6 Å². The molecule has 0 radical (unpaired) electrons. The number of benzene rings is 1. The molecule has 142 valence electrons. The van der Waals surface area contributed by atoms with Crippen molar-refractivity contribution in [2.45, 2.75) is 26.3 Å². The first-order valence-corrected chi connectivity index (χ1v) is 8.57. The van der Waals surface area contributed by atoms with E-state index in [0.29, 0.717) is 31.1 Å². The summed E-state index contributed by atoms with van der Waals surface area (Å²) in [5, 5.41) is 5.22. The summed E-state index contributed by atoms with van der Waals surface area (Å²) in [6, 6.07) is 2.83. The molecule has 0 aromatic heterocycles. The highest BCUT2D eigenvalue weighted by Gasteiger charge is 2.20. The van der Waals surface area contributed by atoms with E-state index in [2.05, 4.69) is 10.6 Å². The topological polar surface area (TPSA) is 103 Å². The minimum Gasteiger partial charge on any atom is -0.489 e. The van der Waals surface area contributed by atoms with E-state index in [1.165, 1.54) is 12.1 Å². The molecule has 9 heteroatoms. The number of nitrogens with one attached hydrogen (secondary N) is 2. The molecule has 26 heavy (non-hydrogen) atoms. The fourth-order valence-electron chi connectivity index (χ4n) is 2.17. The van der Waals surface area contributed by atoms with E-state index in [0.717, 1.165) is 0 Å². The van der Waals surface area contributed by atoms with Crippen molar-refractivity contribution in [1.82, 2.24) is 10.6 Å². The first-order valence-electron chi connectivity index (χ1n) is 8.19. The molecule has 0 unspecified atom stereocenters. The molecule has 2 rings (SSSR count). The molecule has 0 fully saturated rings. The zero-order valence-electron chi connectivity index (χ0n) is 14.6. The smallest absolute Gasteiger partial charge is 0.338 e. The number of esters is 1. The van der Waals surface area contributed by atoms with Gasteiger partial charge in [-0.2, -0.15) is 0 Å². The molecule has 0 saturated heterocycles. The molecule has 0 bridgehead atoms. The highest BCUT2D eigenvalue weighted by atomic mass is 35.5. The van der Waals surface area contributed by atoms with Crippen molar-refractivity contribution in [2.75, 3.05) is 26.4 Å². The summed E-state index contributed by atoms with van der Waals surface area (Å²) in [6.07, 6.45) is 0.704. The van der Waals surface area contributed by atoms with Gasteiger partial charge in [0.1, 0.15) is 0 Å². The second-order valence-electron chi connectivity index (χ2n) is 5.91. The molecule has 1 aliphatic heterocycles. The van der Waals surface area contributed by atoms with E-state index >= 15 is 0 Å². The number of halogens is 1. The molecule has 8 nitrogen and oxygen atoms in total. The summed E-state index contributed by atoms with van der Waals surface area (Å²) in [5.74, 6) is -0.900. The van der Waals surface area contributed by atoms with E-state index in [-0.39, 0.29) is 29.1 Å². The molecule has 0 aliphatic carbocycles. The number of amides is 2. The van der Waals surface area contributed by atoms with Gasteiger partial charge in [0.05, 0.1) is 30.3 Å². The number of hydrogen-bond donors (Lipinski definition) is 2. The zero-order valence-corrected chi connectivity index (χ0v) is 15.4. The molecule has 1 aliphatic rings. The van der Waals surface area contributed by atoms with Gasteiger partial charge in [0.25, 0.3) is 5.91 Å². The van der Waals surface area contributed by atoms with Crippen molar-refractivity contribution >= 4 is 29.4 Å². The van der Waals surface area contributed by atoms with Gasteiger partial charge in [0.15, 0.2) is 18.1 Å². The second kappa shape index (κ2) is 9.28. The van der Waals surface area contributed by atoms with Crippen LogP contribution in [0.4, 0.5) is 0 Å². The minimum atomic E-state index is -0.732. The number of rotatable bonds is 6. The molecule has 0 spiro atoms. The van der Waals surface area contributed by atoms with Crippen LogP contribution in [0.15, 0.2) is 12.1 Å². The van der Waals surface area contributed by atoms with Crippen molar-refractivity contribution in [1.29, 1.82) is 0 Å². The molecule has 1 aromatic rings. The third-order valence-corrected chi connectivity index (χ3v) is 3.55. The standard InChI is InChI=1S/C17H21ClN2O6/c1-10(2)20-14(21)8-19-15(22)9-26-17(23)11-6-12(18)16-13(7-11)24-4-3-5-25-16/h6-7,10H,3-5,8-9H2,1-2H3,(H,19,22)(H,20,21). The quantitative estimate of drug-likeness (QED) is 0.716. The Morgan fingerprint density at radius 2 is 1.92 bits per heavy atom. The maximum atomic E-state index is 12.1. The van der Waals surface area contributed by atoms with Crippen LogP contribution in [0.1, 0.15) is 30.6 Å². The lowest BCUT2D eigenvalue weighted by atomic mass is 10.2. The average Bonchev–Trinajstić information content (AvgIpc) is 2.83. The number of hydrogen-bond acceptors (Lipinski definition) is 6. The predicted octanol–water partition coefficient (Wildman–Crippen LogP) is 1.30. The fourth-order valence-corrected chi connectivity index (χ4v) is 2.43. The molecule has 2 amide bonds. The Kier molecular flexibility index (Phi) is 7.08. The third-order valence-electron chi connectivity index (χ3n) is 3.27. The van der Waals surface area contributed by atoms with E-state index < -0.39 is 18.5 Å². The van der Waals surface area contributed by atoms with Crippen LogP contribution in [0.2, 0.25) is 5.02 Å². The minimum absolute atomic E-state index is 0.0265. The Labute approximate surface area is 156 Å². The number of fused-ring (bicyclic) bond motifs is 1. The second-order valence-corrected chi connectivity index (χ2v) is 6.32. The maximum Gasteiger partial charge on any atom is 0.338 e. The SMILES string of the molecule is CC(C)NC(=O)CNC(=O)COC(=O)c1cc(Cl)c2c(c1)OCCCO2. The Hall–Kier alpha value is -2.48. The van der Waals surface area contributed by atoms with Crippen molar-refractivity contribution in [3.8, 4) is 11.5 Å². The molecule has 0 atom stereocenters. The van der Waals surface area contributed by atoms with Gasteiger partial charge < -0.3 is 24.8 Å². The van der Waals surface area contributed by atoms with Crippen LogP contribution < -0.4 is 20.1 Å². The first kappa shape index (κ1) is 19.8. The predicted molar refractivity (Wildman–Crippen MR) is 93.6 cm³/mol. The zero-order chi connectivity index (χ0) is 19.1. The Morgan fingerprint density at radius 3 is 2.65 bits per heavy atom. The van der Waals surface area contributed by atoms with Crippen LogP contribution >= 0.6 is 11.6 Å². The van der Waals surface area contributed by atoms with Crippen molar-refractivity contribution < 1.29 is 28.6 Å². The lowest BCUT2D eigenvalue weighted by Gasteiger charge is -2.12. The van der Waals surface area contributed by atoms with Gasteiger partial charge in [0.2, 0.25) is 5.91 Å². The van der Waals surface area contributed by atoms with Crippen molar-refractivity contribution in [3.63, 3.8) is 0 Å². The molecule has 2 N–H and O–H groups in total. The normalized spacial score (nSPS) is 12.9. The lowest BCUT2D eigenvalue weighted by molar-refractivity contribution is -0.128. The Morgan fingerprint density at radius 1 is 1.19 bits per heavy atom. The summed E-state index contributed by atoms with van der Waals surface area (Å²) in [7, 11) is 0. The summed E-state index contributed by atoms with van der Waals surface area (Å²) >= 11 is 6.12. The third kappa shape index (κ3) is 5.80. The number of carbonyl (C=O) groups excluding carboxylic acids is 3. The molecular formula is C17H21ClN2O6. The molecular weight excluding hydrogens is 364 g/mol. The van der Waals surface area contributed by atoms with Gasteiger partial charge in [0, 0.05) is 12.5 Å².